The molecule has 0 aromatic heterocycles. The number of carbonyl (C=O) groups is 1. The van der Waals surface area contributed by atoms with Gasteiger partial charge in [0.1, 0.15) is 5.92 Å². The number of rotatable bonds is 4. The number of quaternary nitrogens is 1. The number of para-hydroxylation sites is 1. The van der Waals surface area contributed by atoms with Crippen molar-refractivity contribution >= 4 is 5.91 Å². The second kappa shape index (κ2) is 11.2. The maximum Gasteiger partial charge on any atom is 0.248 e. The van der Waals surface area contributed by atoms with Crippen molar-refractivity contribution in [2.75, 3.05) is 33.4 Å². The molecular weight excluding hydrogens is 522 g/mol. The van der Waals surface area contributed by atoms with Crippen LogP contribution in [0.25, 0.3) is 0 Å². The molecule has 212 valence electrons. The minimum atomic E-state index is -2.58. The molecule has 5 nitrogen and oxygen atoms in total. The van der Waals surface area contributed by atoms with Crippen molar-refractivity contribution in [1.29, 1.82) is 0 Å². The van der Waals surface area contributed by atoms with Gasteiger partial charge in [0, 0.05) is 31.0 Å². The van der Waals surface area contributed by atoms with E-state index in [1.54, 1.807) is 7.11 Å². The topological polar surface area (TPSA) is 55.4 Å². The summed E-state index contributed by atoms with van der Waals surface area (Å²) in [7, 11) is 1.65. The maximum absolute atomic E-state index is 14.5. The normalized spacial score (nSPS) is 30.2. The van der Waals surface area contributed by atoms with Gasteiger partial charge >= 0.3 is 0 Å². The number of nitrogens with zero attached hydrogens (tertiary/aromatic N) is 1. The van der Waals surface area contributed by atoms with Crippen LogP contribution in [0.4, 0.5) is 8.78 Å². The SMILES string of the molecule is COc1cccc2c1OCC[C@]21C[NH2+]C[C@H]1C(=O)N1CC[C@@H](c2ccccc2)C[C@H]1C1CCC(F)(F)CC1.[Cl-]. The molecule has 2 aromatic rings. The van der Waals surface area contributed by atoms with Crippen molar-refractivity contribution in [3.63, 3.8) is 0 Å². The molecule has 6 rings (SSSR count). The number of fused-ring (bicyclic) bond motifs is 2. The average Bonchev–Trinajstić information content (AvgIpc) is 3.36. The van der Waals surface area contributed by atoms with Crippen molar-refractivity contribution in [2.45, 2.75) is 68.2 Å². The summed E-state index contributed by atoms with van der Waals surface area (Å²) in [5.74, 6) is -0.596. The number of hydrogen-bond donors (Lipinski definition) is 1. The highest BCUT2D eigenvalue weighted by Crippen LogP contribution is 2.50. The number of hydrogen-bond acceptors (Lipinski definition) is 3. The summed E-state index contributed by atoms with van der Waals surface area (Å²) in [5, 5.41) is 2.27. The van der Waals surface area contributed by atoms with E-state index in [-0.39, 0.29) is 54.4 Å². The van der Waals surface area contributed by atoms with Crippen molar-refractivity contribution in [3.8, 4) is 11.5 Å². The Hall–Kier alpha value is -2.38. The highest BCUT2D eigenvalue weighted by Gasteiger charge is 2.56. The lowest BCUT2D eigenvalue weighted by Gasteiger charge is -2.47. The van der Waals surface area contributed by atoms with E-state index in [0.29, 0.717) is 37.7 Å². The van der Waals surface area contributed by atoms with E-state index in [2.05, 4.69) is 40.5 Å². The number of nitrogens with two attached hydrogens (primary N) is 1. The lowest BCUT2D eigenvalue weighted by atomic mass is 9.67. The third kappa shape index (κ3) is 5.13. The third-order valence-corrected chi connectivity index (χ3v) is 9.91. The predicted octanol–water partition coefficient (Wildman–Crippen LogP) is 1.51. The minimum absolute atomic E-state index is 0. The summed E-state index contributed by atoms with van der Waals surface area (Å²) >= 11 is 0. The van der Waals surface area contributed by atoms with E-state index >= 15 is 0 Å². The van der Waals surface area contributed by atoms with Gasteiger partial charge in [0.15, 0.2) is 11.5 Å². The zero-order valence-corrected chi connectivity index (χ0v) is 23.3. The van der Waals surface area contributed by atoms with Crippen LogP contribution in [0, 0.1) is 11.8 Å². The zero-order chi connectivity index (χ0) is 26.3. The smallest absolute Gasteiger partial charge is 0.248 e. The maximum atomic E-state index is 14.5. The van der Waals surface area contributed by atoms with Crippen LogP contribution in [-0.2, 0) is 10.2 Å². The van der Waals surface area contributed by atoms with E-state index in [1.165, 1.54) is 5.56 Å². The molecule has 0 radical (unpaired) electrons. The molecule has 1 amide bonds. The number of alkyl halides is 2. The molecule has 0 unspecified atom stereocenters. The van der Waals surface area contributed by atoms with Gasteiger partial charge in [0.2, 0.25) is 11.8 Å². The highest BCUT2D eigenvalue weighted by atomic mass is 35.5. The molecule has 39 heavy (non-hydrogen) atoms. The first-order valence-electron chi connectivity index (χ1n) is 14.3. The Bertz CT molecular complexity index is 1160. The second-order valence-electron chi connectivity index (χ2n) is 11.8. The standard InChI is InChI=1S/C31H38F2N2O3.ClH/c1-37-27-9-5-8-24-28(27)38-17-15-30(24)20-34-19-25(30)29(36)35-16-12-23(21-6-3-2-4-7-21)18-26(35)22-10-13-31(32,33)14-11-22;/h2-9,22-23,25-26,34H,10-20H2,1H3;1H/t23-,25+,26+,30+;/m1./s1. The summed E-state index contributed by atoms with van der Waals surface area (Å²) in [6.07, 6.45) is 3.38. The van der Waals surface area contributed by atoms with Crippen LogP contribution in [0.3, 0.4) is 0 Å². The fourth-order valence-corrected chi connectivity index (χ4v) is 7.87. The molecule has 8 heteroatoms. The molecule has 3 aliphatic heterocycles. The van der Waals surface area contributed by atoms with Gasteiger partial charge in [0.25, 0.3) is 0 Å². The quantitative estimate of drug-likeness (QED) is 0.617. The number of benzene rings is 2. The molecule has 3 fully saturated rings. The number of ether oxygens (including phenoxy) is 2. The predicted molar refractivity (Wildman–Crippen MR) is 141 cm³/mol. The molecule has 2 N–H and O–H groups in total. The van der Waals surface area contributed by atoms with Crippen LogP contribution in [0.5, 0.6) is 11.5 Å². The third-order valence-electron chi connectivity index (χ3n) is 9.91. The van der Waals surface area contributed by atoms with Crippen molar-refractivity contribution < 1.29 is 40.8 Å². The van der Waals surface area contributed by atoms with Gasteiger partial charge in [-0.25, -0.2) is 8.78 Å². The van der Waals surface area contributed by atoms with Crippen molar-refractivity contribution in [3.05, 3.63) is 59.7 Å². The Labute approximate surface area is 236 Å². The molecule has 4 atom stereocenters. The number of piperidine rings is 1. The van der Waals surface area contributed by atoms with Crippen molar-refractivity contribution in [1.82, 2.24) is 4.90 Å². The molecule has 1 spiro atoms. The highest BCUT2D eigenvalue weighted by molar-refractivity contribution is 5.82. The molecule has 4 aliphatic rings. The van der Waals surface area contributed by atoms with Crippen LogP contribution < -0.4 is 27.2 Å². The largest absolute Gasteiger partial charge is 1.00 e. The number of likely N-dealkylation sites (tertiary alicyclic amines) is 1. The molecule has 1 saturated carbocycles. The van der Waals surface area contributed by atoms with Gasteiger partial charge in [-0.1, -0.05) is 42.5 Å². The van der Waals surface area contributed by atoms with Crippen LogP contribution in [0.2, 0.25) is 0 Å². The molecule has 1 aliphatic carbocycles. The van der Waals surface area contributed by atoms with E-state index in [1.807, 2.05) is 18.2 Å². The number of carbonyl (C=O) groups excluding carboxylic acids is 1. The van der Waals surface area contributed by atoms with Crippen molar-refractivity contribution in [2.24, 2.45) is 11.8 Å². The van der Waals surface area contributed by atoms with E-state index in [0.717, 1.165) is 43.7 Å². The van der Waals surface area contributed by atoms with Gasteiger partial charge in [-0.2, -0.15) is 0 Å². The van der Waals surface area contributed by atoms with E-state index in [9.17, 15) is 13.6 Å². The van der Waals surface area contributed by atoms with E-state index < -0.39 is 5.92 Å². The number of halogens is 3. The van der Waals surface area contributed by atoms with Gasteiger partial charge in [0.05, 0.1) is 32.2 Å². The Morgan fingerprint density at radius 2 is 1.82 bits per heavy atom. The second-order valence-corrected chi connectivity index (χ2v) is 11.8. The fourth-order valence-electron chi connectivity index (χ4n) is 7.87. The van der Waals surface area contributed by atoms with Crippen LogP contribution >= 0.6 is 0 Å². The Morgan fingerprint density at radius 3 is 2.56 bits per heavy atom. The molecular formula is C31H39ClF2N2O3. The summed E-state index contributed by atoms with van der Waals surface area (Å²) in [6, 6.07) is 16.5. The van der Waals surface area contributed by atoms with Gasteiger partial charge < -0.3 is 32.1 Å². The van der Waals surface area contributed by atoms with Crippen LogP contribution in [-0.4, -0.2) is 56.1 Å². The number of methoxy groups -OCH3 is 1. The first-order chi connectivity index (χ1) is 18.4. The summed E-state index contributed by atoms with van der Waals surface area (Å²) in [6.45, 7) is 2.82. The van der Waals surface area contributed by atoms with Gasteiger partial charge in [-0.05, 0) is 55.6 Å². The monoisotopic (exact) mass is 560 g/mol. The molecule has 2 saturated heterocycles. The summed E-state index contributed by atoms with van der Waals surface area (Å²) in [5.41, 5.74) is 2.06. The Morgan fingerprint density at radius 1 is 1.05 bits per heavy atom. The average molecular weight is 561 g/mol. The Balaban J connectivity index is 0.00000308. The Kier molecular flexibility index (Phi) is 8.12. The van der Waals surface area contributed by atoms with Crippen LogP contribution in [0.1, 0.15) is 62.0 Å². The molecule has 0 bridgehead atoms. The summed E-state index contributed by atoms with van der Waals surface area (Å²) < 4.78 is 39.9. The zero-order valence-electron chi connectivity index (χ0n) is 22.6. The lowest BCUT2D eigenvalue weighted by molar-refractivity contribution is -0.640. The minimum Gasteiger partial charge on any atom is -1.00 e. The first kappa shape index (κ1) is 28.2. The van der Waals surface area contributed by atoms with Crippen LogP contribution in [0.15, 0.2) is 48.5 Å². The lowest BCUT2D eigenvalue weighted by Crippen LogP contribution is -3.00. The van der Waals surface area contributed by atoms with Gasteiger partial charge in [-0.3, -0.25) is 4.79 Å². The molecule has 2 aromatic carbocycles. The van der Waals surface area contributed by atoms with E-state index in [4.69, 9.17) is 9.47 Å². The fraction of sp³-hybridized carbons (Fsp3) is 0.581. The summed E-state index contributed by atoms with van der Waals surface area (Å²) in [4.78, 5) is 16.7. The number of amides is 1. The first-order valence-corrected chi connectivity index (χ1v) is 14.3. The van der Waals surface area contributed by atoms with Gasteiger partial charge in [-0.15, -0.1) is 0 Å². The molecule has 3 heterocycles.